The Morgan fingerprint density at radius 1 is 1.03 bits per heavy atom. The Kier molecular flexibility index (Phi) is 7.67. The van der Waals surface area contributed by atoms with Crippen molar-refractivity contribution in [2.75, 3.05) is 38.5 Å². The van der Waals surface area contributed by atoms with Crippen molar-refractivity contribution in [3.8, 4) is 0 Å². The summed E-state index contributed by atoms with van der Waals surface area (Å²) in [4.78, 5) is 28.4. The molecule has 0 unspecified atom stereocenters. The van der Waals surface area contributed by atoms with E-state index in [1.807, 2.05) is 11.0 Å². The van der Waals surface area contributed by atoms with E-state index in [1.165, 1.54) is 5.56 Å². The lowest BCUT2D eigenvalue weighted by molar-refractivity contribution is -0.133. The van der Waals surface area contributed by atoms with Gasteiger partial charge in [-0.1, -0.05) is 41.9 Å². The largest absolute Gasteiger partial charge is 0.342 e. The molecule has 1 N–H and O–H groups in total. The summed E-state index contributed by atoms with van der Waals surface area (Å²) in [7, 11) is 1.79. The Morgan fingerprint density at radius 3 is 2.34 bits per heavy atom. The zero-order chi connectivity index (χ0) is 20.6. The van der Waals surface area contributed by atoms with Gasteiger partial charge in [0.1, 0.15) is 0 Å². The van der Waals surface area contributed by atoms with Gasteiger partial charge in [-0.25, -0.2) is 0 Å². The molecule has 0 spiro atoms. The van der Waals surface area contributed by atoms with Gasteiger partial charge >= 0.3 is 0 Å². The molecule has 1 saturated heterocycles. The lowest BCUT2D eigenvalue weighted by Crippen LogP contribution is -2.44. The van der Waals surface area contributed by atoms with Crippen LogP contribution in [0.2, 0.25) is 5.02 Å². The van der Waals surface area contributed by atoms with E-state index in [0.29, 0.717) is 16.6 Å². The molecule has 2 amide bonds. The molecular formula is C23H28ClN3O2. The minimum Gasteiger partial charge on any atom is -0.342 e. The molecule has 154 valence electrons. The molecule has 1 heterocycles. The first-order valence-corrected chi connectivity index (χ1v) is 10.4. The smallest absolute Gasteiger partial charge is 0.238 e. The number of halogens is 1. The summed E-state index contributed by atoms with van der Waals surface area (Å²) in [6.07, 6.45) is 3.14. The SMILES string of the molecule is CN(CC(=O)Nc1ccc(Cl)cc1)CC(=O)N1CCC(Cc2ccccc2)CC1. The number of benzene rings is 2. The van der Waals surface area contributed by atoms with Gasteiger partial charge < -0.3 is 10.2 Å². The highest BCUT2D eigenvalue weighted by Crippen LogP contribution is 2.21. The Labute approximate surface area is 177 Å². The first kappa shape index (κ1) is 21.3. The van der Waals surface area contributed by atoms with Crippen LogP contribution in [0, 0.1) is 5.92 Å². The van der Waals surface area contributed by atoms with Gasteiger partial charge in [0.05, 0.1) is 13.1 Å². The number of carbonyl (C=O) groups excluding carboxylic acids is 2. The molecule has 2 aromatic carbocycles. The van der Waals surface area contributed by atoms with Gasteiger partial charge in [-0.15, -0.1) is 0 Å². The van der Waals surface area contributed by atoms with Crippen molar-refractivity contribution in [2.24, 2.45) is 5.92 Å². The molecular weight excluding hydrogens is 386 g/mol. The number of likely N-dealkylation sites (tertiary alicyclic amines) is 1. The molecule has 1 aliphatic rings. The van der Waals surface area contributed by atoms with E-state index >= 15 is 0 Å². The minimum atomic E-state index is -0.149. The number of nitrogens with zero attached hydrogens (tertiary/aromatic N) is 2. The highest BCUT2D eigenvalue weighted by atomic mass is 35.5. The Bertz CT molecular complexity index is 803. The second-order valence-electron chi connectivity index (χ2n) is 7.74. The van der Waals surface area contributed by atoms with E-state index in [-0.39, 0.29) is 24.9 Å². The summed E-state index contributed by atoms with van der Waals surface area (Å²) in [6.45, 7) is 2.00. The van der Waals surface area contributed by atoms with E-state index in [4.69, 9.17) is 11.6 Å². The van der Waals surface area contributed by atoms with Crippen LogP contribution >= 0.6 is 11.6 Å². The number of hydrogen-bond acceptors (Lipinski definition) is 3. The first-order valence-electron chi connectivity index (χ1n) is 10.1. The maximum atomic E-state index is 12.6. The number of anilines is 1. The maximum Gasteiger partial charge on any atom is 0.238 e. The van der Waals surface area contributed by atoms with Crippen molar-refractivity contribution < 1.29 is 9.59 Å². The molecule has 0 radical (unpaired) electrons. The van der Waals surface area contributed by atoms with Crippen LogP contribution in [-0.2, 0) is 16.0 Å². The summed E-state index contributed by atoms with van der Waals surface area (Å²) in [6, 6.07) is 17.5. The van der Waals surface area contributed by atoms with E-state index in [2.05, 4.69) is 29.6 Å². The maximum absolute atomic E-state index is 12.6. The quantitative estimate of drug-likeness (QED) is 0.753. The lowest BCUT2D eigenvalue weighted by Gasteiger charge is -2.33. The van der Waals surface area contributed by atoms with Crippen molar-refractivity contribution >= 4 is 29.1 Å². The van der Waals surface area contributed by atoms with E-state index < -0.39 is 0 Å². The molecule has 5 nitrogen and oxygen atoms in total. The van der Waals surface area contributed by atoms with Gasteiger partial charge in [0, 0.05) is 23.8 Å². The molecule has 29 heavy (non-hydrogen) atoms. The normalized spacial score (nSPS) is 14.8. The highest BCUT2D eigenvalue weighted by molar-refractivity contribution is 6.30. The number of carbonyl (C=O) groups is 2. The van der Waals surface area contributed by atoms with Crippen molar-refractivity contribution in [2.45, 2.75) is 19.3 Å². The number of piperidine rings is 1. The molecule has 0 aliphatic carbocycles. The first-order chi connectivity index (χ1) is 14.0. The third kappa shape index (κ3) is 6.87. The fourth-order valence-electron chi connectivity index (χ4n) is 3.70. The second kappa shape index (κ2) is 10.4. The fourth-order valence-corrected chi connectivity index (χ4v) is 3.83. The van der Waals surface area contributed by atoms with Crippen molar-refractivity contribution in [3.63, 3.8) is 0 Å². The minimum absolute atomic E-state index is 0.0879. The predicted octanol–water partition coefficient (Wildman–Crippen LogP) is 3.69. The van der Waals surface area contributed by atoms with Gasteiger partial charge in [0.2, 0.25) is 11.8 Å². The summed E-state index contributed by atoms with van der Waals surface area (Å²) in [5.74, 6) is 0.568. The van der Waals surface area contributed by atoms with Gasteiger partial charge in [-0.05, 0) is 62.1 Å². The van der Waals surface area contributed by atoms with Crippen LogP contribution in [0.3, 0.4) is 0 Å². The van der Waals surface area contributed by atoms with Crippen LogP contribution in [-0.4, -0.2) is 54.8 Å². The van der Waals surface area contributed by atoms with E-state index in [9.17, 15) is 9.59 Å². The van der Waals surface area contributed by atoms with Crippen molar-refractivity contribution in [3.05, 3.63) is 65.2 Å². The monoisotopic (exact) mass is 413 g/mol. The van der Waals surface area contributed by atoms with Crippen molar-refractivity contribution in [1.29, 1.82) is 0 Å². The van der Waals surface area contributed by atoms with Gasteiger partial charge in [-0.3, -0.25) is 14.5 Å². The molecule has 3 rings (SSSR count). The lowest BCUT2D eigenvalue weighted by atomic mass is 9.90. The molecule has 2 aromatic rings. The number of likely N-dealkylation sites (N-methyl/N-ethyl adjacent to an activating group) is 1. The summed E-state index contributed by atoms with van der Waals surface area (Å²) < 4.78 is 0. The average molecular weight is 414 g/mol. The standard InChI is InChI=1S/C23H28ClN3O2/c1-26(16-22(28)25-21-9-7-20(24)8-10-21)17-23(29)27-13-11-19(12-14-27)15-18-5-3-2-4-6-18/h2-10,19H,11-17H2,1H3,(H,25,28). The van der Waals surface area contributed by atoms with Crippen molar-refractivity contribution in [1.82, 2.24) is 9.80 Å². The summed E-state index contributed by atoms with van der Waals surface area (Å²) in [5, 5.41) is 3.44. The molecule has 1 aliphatic heterocycles. The third-order valence-corrected chi connectivity index (χ3v) is 5.53. The van der Waals surface area contributed by atoms with Gasteiger partial charge in [0.25, 0.3) is 0 Å². The average Bonchev–Trinajstić information content (AvgIpc) is 2.71. The summed E-state index contributed by atoms with van der Waals surface area (Å²) >= 11 is 5.85. The molecule has 1 fully saturated rings. The Morgan fingerprint density at radius 2 is 1.69 bits per heavy atom. The molecule has 0 atom stereocenters. The zero-order valence-corrected chi connectivity index (χ0v) is 17.6. The van der Waals surface area contributed by atoms with E-state index in [0.717, 1.165) is 32.4 Å². The van der Waals surface area contributed by atoms with Crippen LogP contribution in [0.1, 0.15) is 18.4 Å². The second-order valence-corrected chi connectivity index (χ2v) is 8.18. The van der Waals surface area contributed by atoms with Crippen LogP contribution in [0.4, 0.5) is 5.69 Å². The number of rotatable bonds is 7. The summed E-state index contributed by atoms with van der Waals surface area (Å²) in [5.41, 5.74) is 2.06. The highest BCUT2D eigenvalue weighted by Gasteiger charge is 2.24. The molecule has 0 bridgehead atoms. The predicted molar refractivity (Wildman–Crippen MR) is 117 cm³/mol. The van der Waals surface area contributed by atoms with Crippen LogP contribution < -0.4 is 5.32 Å². The number of amides is 2. The zero-order valence-electron chi connectivity index (χ0n) is 16.8. The van der Waals surface area contributed by atoms with Crippen LogP contribution in [0.15, 0.2) is 54.6 Å². The van der Waals surface area contributed by atoms with E-state index in [1.54, 1.807) is 36.2 Å². The molecule has 6 heteroatoms. The van der Waals surface area contributed by atoms with Crippen LogP contribution in [0.25, 0.3) is 0 Å². The molecule has 0 saturated carbocycles. The third-order valence-electron chi connectivity index (χ3n) is 5.28. The Hall–Kier alpha value is -2.37. The molecule has 0 aromatic heterocycles. The Balaban J connectivity index is 1.38. The fraction of sp³-hybridized carbons (Fsp3) is 0.391. The van der Waals surface area contributed by atoms with Crippen LogP contribution in [0.5, 0.6) is 0 Å². The topological polar surface area (TPSA) is 52.7 Å². The number of nitrogens with one attached hydrogen (secondary N) is 1. The van der Waals surface area contributed by atoms with Gasteiger partial charge in [-0.2, -0.15) is 0 Å². The van der Waals surface area contributed by atoms with Gasteiger partial charge in [0.15, 0.2) is 0 Å². The number of hydrogen-bond donors (Lipinski definition) is 1.